The van der Waals surface area contributed by atoms with Crippen molar-refractivity contribution in [3.8, 4) is 5.75 Å². The van der Waals surface area contributed by atoms with Crippen molar-refractivity contribution in [1.82, 2.24) is 0 Å². The molecule has 0 aliphatic heterocycles. The first-order valence-electron chi connectivity index (χ1n) is 6.51. The molecular formula is C15H25NOS. The molecule has 0 radical (unpaired) electrons. The Bertz CT molecular complexity index is 365. The van der Waals surface area contributed by atoms with Crippen molar-refractivity contribution in [2.75, 3.05) is 7.11 Å². The molecule has 1 rings (SSSR count). The molecule has 0 fully saturated rings. The van der Waals surface area contributed by atoms with Crippen LogP contribution < -0.4 is 10.5 Å². The van der Waals surface area contributed by atoms with Crippen molar-refractivity contribution in [2.45, 2.75) is 44.2 Å². The van der Waals surface area contributed by atoms with E-state index in [0.29, 0.717) is 11.2 Å². The number of methoxy groups -OCH3 is 1. The molecule has 0 aliphatic rings. The van der Waals surface area contributed by atoms with Gasteiger partial charge in [0.05, 0.1) is 7.11 Å². The Balaban J connectivity index is 2.97. The van der Waals surface area contributed by atoms with Gasteiger partial charge in [-0.2, -0.15) is 0 Å². The Hall–Kier alpha value is -0.670. The van der Waals surface area contributed by atoms with Gasteiger partial charge >= 0.3 is 0 Å². The van der Waals surface area contributed by atoms with E-state index < -0.39 is 0 Å². The molecule has 2 N–H and O–H groups in total. The van der Waals surface area contributed by atoms with Gasteiger partial charge in [-0.25, -0.2) is 0 Å². The summed E-state index contributed by atoms with van der Waals surface area (Å²) < 4.78 is 5.45. The maximum atomic E-state index is 6.16. The Labute approximate surface area is 115 Å². The number of ether oxygens (including phenoxy) is 1. The van der Waals surface area contributed by atoms with E-state index in [1.54, 1.807) is 7.11 Å². The van der Waals surface area contributed by atoms with E-state index in [2.05, 4.69) is 33.8 Å². The van der Waals surface area contributed by atoms with Crippen LogP contribution in [0.4, 0.5) is 0 Å². The van der Waals surface area contributed by atoms with E-state index in [4.69, 9.17) is 10.5 Å². The summed E-state index contributed by atoms with van der Waals surface area (Å²) in [6.07, 6.45) is 0. The lowest BCUT2D eigenvalue weighted by molar-refractivity contribution is 0.408. The summed E-state index contributed by atoms with van der Waals surface area (Å²) in [6.45, 7) is 8.83. The van der Waals surface area contributed by atoms with Gasteiger partial charge in [0.25, 0.3) is 0 Å². The third-order valence-electron chi connectivity index (χ3n) is 3.22. The minimum atomic E-state index is 0.104. The second-order valence-electron chi connectivity index (χ2n) is 5.11. The molecule has 0 amide bonds. The summed E-state index contributed by atoms with van der Waals surface area (Å²) >= 11 is 1.94. The molecule has 2 nitrogen and oxygen atoms in total. The average Bonchev–Trinajstić information content (AvgIpc) is 2.35. The number of rotatable bonds is 6. The van der Waals surface area contributed by atoms with Gasteiger partial charge in [0.1, 0.15) is 5.75 Å². The predicted molar refractivity (Wildman–Crippen MR) is 81.3 cm³/mol. The maximum absolute atomic E-state index is 6.16. The minimum absolute atomic E-state index is 0.104. The number of benzene rings is 1. The fourth-order valence-electron chi connectivity index (χ4n) is 1.77. The number of nitrogens with two attached hydrogens (primary N) is 1. The molecule has 1 aromatic rings. The Morgan fingerprint density at radius 3 is 2.22 bits per heavy atom. The normalized spacial score (nSPS) is 16.4. The zero-order chi connectivity index (χ0) is 13.7. The van der Waals surface area contributed by atoms with Crippen LogP contribution in [-0.4, -0.2) is 18.4 Å². The van der Waals surface area contributed by atoms with Crippen LogP contribution in [0.3, 0.4) is 0 Å². The fraction of sp³-hybridized carbons (Fsp3) is 0.600. The molecule has 0 aromatic heterocycles. The highest BCUT2D eigenvalue weighted by molar-refractivity contribution is 8.00. The van der Waals surface area contributed by atoms with Gasteiger partial charge in [0.2, 0.25) is 0 Å². The summed E-state index contributed by atoms with van der Waals surface area (Å²) in [7, 11) is 1.72. The Morgan fingerprint density at radius 2 is 1.72 bits per heavy atom. The van der Waals surface area contributed by atoms with Crippen molar-refractivity contribution < 1.29 is 4.74 Å². The quantitative estimate of drug-likeness (QED) is 0.850. The molecule has 0 bridgehead atoms. The van der Waals surface area contributed by atoms with Gasteiger partial charge in [-0.3, -0.25) is 0 Å². The summed E-state index contributed by atoms with van der Waals surface area (Å²) in [5, 5.41) is 0.851. The lowest BCUT2D eigenvalue weighted by atomic mass is 10.1. The van der Waals surface area contributed by atoms with Crippen LogP contribution in [0.15, 0.2) is 24.3 Å². The highest BCUT2D eigenvalue weighted by atomic mass is 32.2. The van der Waals surface area contributed by atoms with E-state index in [1.807, 2.05) is 30.0 Å². The SMILES string of the molecule is COc1ccccc1C(SC(C)C(C)C)C(C)N. The summed E-state index contributed by atoms with van der Waals surface area (Å²) in [5.41, 5.74) is 7.37. The third-order valence-corrected chi connectivity index (χ3v) is 5.17. The van der Waals surface area contributed by atoms with Gasteiger partial charge < -0.3 is 10.5 Å². The van der Waals surface area contributed by atoms with Crippen LogP contribution >= 0.6 is 11.8 Å². The largest absolute Gasteiger partial charge is 0.496 e. The van der Waals surface area contributed by atoms with Gasteiger partial charge in [0.15, 0.2) is 0 Å². The van der Waals surface area contributed by atoms with Crippen LogP contribution in [0.5, 0.6) is 5.75 Å². The lowest BCUT2D eigenvalue weighted by Crippen LogP contribution is -2.25. The summed E-state index contributed by atoms with van der Waals surface area (Å²) in [5.74, 6) is 1.58. The lowest BCUT2D eigenvalue weighted by Gasteiger charge is -2.27. The standard InChI is InChI=1S/C15H25NOS/c1-10(2)12(4)18-15(11(3)16)13-8-6-7-9-14(13)17-5/h6-12,15H,16H2,1-5H3. The third kappa shape index (κ3) is 3.92. The van der Waals surface area contributed by atoms with Crippen LogP contribution in [-0.2, 0) is 0 Å². The van der Waals surface area contributed by atoms with E-state index >= 15 is 0 Å². The van der Waals surface area contributed by atoms with Gasteiger partial charge in [0, 0.05) is 22.1 Å². The first-order chi connectivity index (χ1) is 8.47. The molecule has 0 heterocycles. The zero-order valence-corrected chi connectivity index (χ0v) is 12.8. The van der Waals surface area contributed by atoms with Crippen LogP contribution in [0.25, 0.3) is 0 Å². The number of para-hydroxylation sites is 1. The Kier molecular flexibility index (Phi) is 6.03. The number of hydrogen-bond acceptors (Lipinski definition) is 3. The zero-order valence-electron chi connectivity index (χ0n) is 12.0. The molecule has 0 saturated heterocycles. The van der Waals surface area contributed by atoms with Crippen molar-refractivity contribution in [1.29, 1.82) is 0 Å². The van der Waals surface area contributed by atoms with E-state index in [1.165, 1.54) is 5.56 Å². The van der Waals surface area contributed by atoms with Gasteiger partial charge in [-0.15, -0.1) is 11.8 Å². The highest BCUT2D eigenvalue weighted by Gasteiger charge is 2.23. The van der Waals surface area contributed by atoms with E-state index in [9.17, 15) is 0 Å². The maximum Gasteiger partial charge on any atom is 0.123 e. The highest BCUT2D eigenvalue weighted by Crippen LogP contribution is 2.40. The first-order valence-corrected chi connectivity index (χ1v) is 7.45. The van der Waals surface area contributed by atoms with E-state index in [-0.39, 0.29) is 11.3 Å². The van der Waals surface area contributed by atoms with Crippen LogP contribution in [0.2, 0.25) is 0 Å². The number of thioether (sulfide) groups is 1. The molecule has 0 aliphatic carbocycles. The fourth-order valence-corrected chi connectivity index (χ4v) is 3.14. The van der Waals surface area contributed by atoms with Crippen molar-refractivity contribution in [3.05, 3.63) is 29.8 Å². The molecule has 3 unspecified atom stereocenters. The van der Waals surface area contributed by atoms with Crippen molar-refractivity contribution in [3.63, 3.8) is 0 Å². The van der Waals surface area contributed by atoms with Crippen molar-refractivity contribution in [2.24, 2.45) is 11.7 Å². The minimum Gasteiger partial charge on any atom is -0.496 e. The smallest absolute Gasteiger partial charge is 0.123 e. The van der Waals surface area contributed by atoms with Crippen LogP contribution in [0, 0.1) is 5.92 Å². The van der Waals surface area contributed by atoms with Crippen molar-refractivity contribution >= 4 is 11.8 Å². The average molecular weight is 267 g/mol. The van der Waals surface area contributed by atoms with Crippen LogP contribution in [0.1, 0.15) is 38.5 Å². The molecule has 18 heavy (non-hydrogen) atoms. The molecule has 1 aromatic carbocycles. The predicted octanol–water partition coefficient (Wildman–Crippen LogP) is 3.86. The second-order valence-corrected chi connectivity index (χ2v) is 6.63. The topological polar surface area (TPSA) is 35.2 Å². The molecule has 3 atom stereocenters. The molecule has 3 heteroatoms. The Morgan fingerprint density at radius 1 is 1.11 bits per heavy atom. The molecule has 102 valence electrons. The second kappa shape index (κ2) is 7.05. The van der Waals surface area contributed by atoms with E-state index in [0.717, 1.165) is 5.75 Å². The number of hydrogen-bond donors (Lipinski definition) is 1. The molecule has 0 saturated carbocycles. The first kappa shape index (κ1) is 15.4. The summed E-state index contributed by atoms with van der Waals surface area (Å²) in [6, 6.07) is 8.27. The van der Waals surface area contributed by atoms with Gasteiger partial charge in [-0.05, 0) is 18.9 Å². The molecular weight excluding hydrogens is 242 g/mol. The molecule has 0 spiro atoms. The monoisotopic (exact) mass is 267 g/mol. The summed E-state index contributed by atoms with van der Waals surface area (Å²) in [4.78, 5) is 0. The van der Waals surface area contributed by atoms with Gasteiger partial charge in [-0.1, -0.05) is 39.0 Å².